The van der Waals surface area contributed by atoms with Gasteiger partial charge in [-0.15, -0.1) is 0 Å². The van der Waals surface area contributed by atoms with Crippen LogP contribution in [0.3, 0.4) is 0 Å². The monoisotopic (exact) mass is 366 g/mol. The molecule has 0 aliphatic rings. The lowest BCUT2D eigenvalue weighted by atomic mass is 9.98. The van der Waals surface area contributed by atoms with Gasteiger partial charge in [-0.2, -0.15) is 5.26 Å². The van der Waals surface area contributed by atoms with Crippen LogP contribution in [0.4, 0.5) is 14.9 Å². The number of hydrogen-bond donors (Lipinski definition) is 2. The zero-order valence-corrected chi connectivity index (χ0v) is 15.2. The zero-order chi connectivity index (χ0) is 19.6. The molecule has 27 heavy (non-hydrogen) atoms. The first kappa shape index (κ1) is 18.4. The molecule has 0 aliphatic carbocycles. The van der Waals surface area contributed by atoms with E-state index in [1.54, 1.807) is 6.07 Å². The Kier molecular flexibility index (Phi) is 5.08. The van der Waals surface area contributed by atoms with E-state index < -0.39 is 12.1 Å². The molecular formula is C20H19FN4O2. The fourth-order valence-corrected chi connectivity index (χ4v) is 2.92. The summed E-state index contributed by atoms with van der Waals surface area (Å²) in [5.41, 5.74) is 2.13. The van der Waals surface area contributed by atoms with Gasteiger partial charge < -0.3 is 15.1 Å². The van der Waals surface area contributed by atoms with Gasteiger partial charge in [-0.25, -0.2) is 9.18 Å². The maximum absolute atomic E-state index is 13.5. The van der Waals surface area contributed by atoms with Gasteiger partial charge in [0.1, 0.15) is 23.2 Å². The topological polar surface area (TPSA) is 91.0 Å². The molecule has 2 N–H and O–H groups in total. The number of amides is 2. The molecule has 3 rings (SSSR count). The Labute approximate surface area is 156 Å². The van der Waals surface area contributed by atoms with Crippen LogP contribution in [0.15, 0.2) is 41.1 Å². The van der Waals surface area contributed by atoms with Crippen molar-refractivity contribution in [3.05, 3.63) is 59.4 Å². The molecule has 0 unspecified atom stereocenters. The molecular weight excluding hydrogens is 347 g/mol. The second-order valence-electron chi connectivity index (χ2n) is 6.63. The first-order chi connectivity index (χ1) is 12.9. The Morgan fingerprint density at radius 2 is 2.07 bits per heavy atom. The summed E-state index contributed by atoms with van der Waals surface area (Å²) < 4.78 is 19.4. The highest BCUT2D eigenvalue weighted by Gasteiger charge is 2.25. The van der Waals surface area contributed by atoms with Crippen LogP contribution in [0.5, 0.6) is 0 Å². The summed E-state index contributed by atoms with van der Waals surface area (Å²) in [5.74, 6) is 0.280. The largest absolute Gasteiger partial charge is 0.459 e. The van der Waals surface area contributed by atoms with Crippen molar-refractivity contribution in [3.63, 3.8) is 0 Å². The van der Waals surface area contributed by atoms with Gasteiger partial charge in [0.2, 0.25) is 0 Å². The van der Waals surface area contributed by atoms with Crippen molar-refractivity contribution >= 4 is 22.7 Å². The second kappa shape index (κ2) is 7.46. The fourth-order valence-electron chi connectivity index (χ4n) is 2.92. The number of aromatic nitrogens is 1. The highest BCUT2D eigenvalue weighted by Crippen LogP contribution is 2.33. The predicted molar refractivity (Wildman–Crippen MR) is 99.6 cm³/mol. The van der Waals surface area contributed by atoms with Crippen LogP contribution in [0.2, 0.25) is 0 Å². The summed E-state index contributed by atoms with van der Waals surface area (Å²) in [6.07, 6.45) is 2.87. The summed E-state index contributed by atoms with van der Waals surface area (Å²) in [7, 11) is 0. The van der Waals surface area contributed by atoms with Crippen LogP contribution in [0.1, 0.15) is 36.8 Å². The normalized spacial score (nSPS) is 12.0. The molecule has 6 nitrogen and oxygen atoms in total. The van der Waals surface area contributed by atoms with Crippen LogP contribution in [0, 0.1) is 30.0 Å². The Hall–Kier alpha value is -3.40. The van der Waals surface area contributed by atoms with Crippen molar-refractivity contribution in [2.45, 2.75) is 26.8 Å². The van der Waals surface area contributed by atoms with E-state index >= 15 is 0 Å². The zero-order valence-electron chi connectivity index (χ0n) is 15.2. The molecule has 1 aromatic carbocycles. The van der Waals surface area contributed by atoms with Gasteiger partial charge in [0.25, 0.3) is 0 Å². The van der Waals surface area contributed by atoms with E-state index in [1.807, 2.05) is 26.8 Å². The van der Waals surface area contributed by atoms with Crippen LogP contribution in [-0.4, -0.2) is 11.0 Å². The highest BCUT2D eigenvalue weighted by molar-refractivity contribution is 5.90. The molecule has 2 aromatic heterocycles. The number of furan rings is 1. The number of hydrogen-bond acceptors (Lipinski definition) is 4. The predicted octanol–water partition coefficient (Wildman–Crippen LogP) is 4.67. The number of carbonyl (C=O) groups excluding carboxylic acids is 1. The maximum Gasteiger partial charge on any atom is 0.319 e. The molecule has 0 saturated heterocycles. The average molecular weight is 366 g/mol. The summed E-state index contributed by atoms with van der Waals surface area (Å²) in [4.78, 5) is 16.4. The molecule has 0 aliphatic heterocycles. The first-order valence-electron chi connectivity index (χ1n) is 8.50. The molecule has 7 heteroatoms. The van der Waals surface area contributed by atoms with E-state index in [9.17, 15) is 9.18 Å². The molecule has 0 radical (unpaired) electrons. The van der Waals surface area contributed by atoms with Crippen molar-refractivity contribution < 1.29 is 13.6 Å². The minimum absolute atomic E-state index is 0.0310. The maximum atomic E-state index is 13.5. The quantitative estimate of drug-likeness (QED) is 0.702. The average Bonchev–Trinajstić information content (AvgIpc) is 2.95. The molecule has 0 saturated carbocycles. The number of aryl methyl sites for hydroxylation is 1. The molecule has 0 fully saturated rings. The first-order valence-corrected chi connectivity index (χ1v) is 8.50. The molecule has 1 atom stereocenters. The lowest BCUT2D eigenvalue weighted by molar-refractivity contribution is 0.241. The lowest BCUT2D eigenvalue weighted by Crippen LogP contribution is -2.35. The van der Waals surface area contributed by atoms with Crippen LogP contribution in [-0.2, 0) is 0 Å². The Bertz CT molecular complexity index is 1040. The van der Waals surface area contributed by atoms with Gasteiger partial charge in [0.05, 0.1) is 23.5 Å². The van der Waals surface area contributed by atoms with E-state index in [1.165, 1.54) is 30.6 Å². The Balaban J connectivity index is 1.85. The van der Waals surface area contributed by atoms with Gasteiger partial charge in [0, 0.05) is 17.1 Å². The SMILES string of the molecule is Cc1c([C@H](NC(=O)Nc2cncc(C#N)c2)C(C)C)oc2ccc(F)cc12. The van der Waals surface area contributed by atoms with Gasteiger partial charge in [0.15, 0.2) is 0 Å². The van der Waals surface area contributed by atoms with Crippen LogP contribution in [0.25, 0.3) is 11.0 Å². The van der Waals surface area contributed by atoms with Crippen molar-refractivity contribution in [2.75, 3.05) is 5.32 Å². The van der Waals surface area contributed by atoms with Gasteiger partial charge >= 0.3 is 6.03 Å². The van der Waals surface area contributed by atoms with Crippen molar-refractivity contribution in [1.82, 2.24) is 10.3 Å². The van der Waals surface area contributed by atoms with Crippen molar-refractivity contribution in [1.29, 1.82) is 5.26 Å². The summed E-state index contributed by atoms with van der Waals surface area (Å²) in [6, 6.07) is 7.00. The standard InChI is InChI=1S/C20H19FN4O2/c1-11(2)18(19-12(3)16-7-14(21)4-5-17(16)27-19)25-20(26)24-15-6-13(8-22)9-23-10-15/h4-7,9-11,18H,1-3H3,(H2,24,25,26)/t18-/m1/s1. The minimum Gasteiger partial charge on any atom is -0.459 e. The number of nitrogens with zero attached hydrogens (tertiary/aromatic N) is 2. The molecule has 0 spiro atoms. The number of anilines is 1. The summed E-state index contributed by atoms with van der Waals surface area (Å²) >= 11 is 0. The van der Waals surface area contributed by atoms with E-state index in [2.05, 4.69) is 15.6 Å². The highest BCUT2D eigenvalue weighted by atomic mass is 19.1. The third kappa shape index (κ3) is 3.90. The molecule has 2 heterocycles. The number of nitrogens with one attached hydrogen (secondary N) is 2. The molecule has 0 bridgehead atoms. The fraction of sp³-hybridized carbons (Fsp3) is 0.250. The number of urea groups is 1. The minimum atomic E-state index is -0.448. The molecule has 3 aromatic rings. The second-order valence-corrected chi connectivity index (χ2v) is 6.63. The summed E-state index contributed by atoms with van der Waals surface area (Å²) in [5, 5.41) is 15.2. The lowest BCUT2D eigenvalue weighted by Gasteiger charge is -2.21. The smallest absolute Gasteiger partial charge is 0.319 e. The van der Waals surface area contributed by atoms with E-state index in [0.717, 1.165) is 5.56 Å². The number of pyridine rings is 1. The number of carbonyl (C=O) groups is 1. The molecule has 2 amide bonds. The van der Waals surface area contributed by atoms with Gasteiger partial charge in [-0.3, -0.25) is 4.98 Å². The van der Waals surface area contributed by atoms with Gasteiger partial charge in [-0.05, 0) is 37.1 Å². The number of fused-ring (bicyclic) bond motifs is 1. The number of nitriles is 1. The van der Waals surface area contributed by atoms with Crippen molar-refractivity contribution in [3.8, 4) is 6.07 Å². The van der Waals surface area contributed by atoms with Gasteiger partial charge in [-0.1, -0.05) is 13.8 Å². The number of halogens is 1. The van der Waals surface area contributed by atoms with Crippen LogP contribution >= 0.6 is 0 Å². The Morgan fingerprint density at radius 1 is 1.30 bits per heavy atom. The number of benzene rings is 1. The van der Waals surface area contributed by atoms with E-state index in [4.69, 9.17) is 9.68 Å². The summed E-state index contributed by atoms with van der Waals surface area (Å²) in [6.45, 7) is 5.75. The Morgan fingerprint density at radius 3 is 2.78 bits per heavy atom. The van der Waals surface area contributed by atoms with E-state index in [-0.39, 0.29) is 11.7 Å². The molecule has 138 valence electrons. The third-order valence-corrected chi connectivity index (χ3v) is 4.30. The third-order valence-electron chi connectivity index (χ3n) is 4.30. The number of rotatable bonds is 4. The van der Waals surface area contributed by atoms with Crippen LogP contribution < -0.4 is 10.6 Å². The van der Waals surface area contributed by atoms with E-state index in [0.29, 0.717) is 28.0 Å². The van der Waals surface area contributed by atoms with Crippen molar-refractivity contribution in [2.24, 2.45) is 5.92 Å².